The summed E-state index contributed by atoms with van der Waals surface area (Å²) in [6.45, 7) is 0.397. The van der Waals surface area contributed by atoms with Gasteiger partial charge in [0.15, 0.2) is 0 Å². The minimum absolute atomic E-state index is 0.00771. The fourth-order valence-corrected chi connectivity index (χ4v) is 2.02. The molecule has 0 unspecified atom stereocenters. The van der Waals surface area contributed by atoms with Crippen LogP contribution < -0.4 is 5.32 Å². The van der Waals surface area contributed by atoms with Crippen LogP contribution in [-0.4, -0.2) is 42.0 Å². The molecule has 1 aromatic rings. The van der Waals surface area contributed by atoms with E-state index < -0.39 is 5.97 Å². The van der Waals surface area contributed by atoms with Crippen molar-refractivity contribution in [1.82, 2.24) is 4.90 Å². The van der Waals surface area contributed by atoms with Gasteiger partial charge in [-0.05, 0) is 18.5 Å². The number of carboxylic acid groups (broad SMARTS) is 1. The number of hydrogen-bond acceptors (Lipinski definition) is 5. The highest BCUT2D eigenvalue weighted by Gasteiger charge is 2.11. The van der Waals surface area contributed by atoms with Crippen LogP contribution in [0.1, 0.15) is 12.0 Å². The number of nitrogens with zero attached hydrogens (tertiary/aromatic N) is 2. The molecule has 0 aliphatic rings. The lowest BCUT2D eigenvalue weighted by atomic mass is 10.3. The van der Waals surface area contributed by atoms with Crippen molar-refractivity contribution < 1.29 is 14.7 Å². The standard InChI is InChI=1S/C11H13N3O3S/c1-14(4-2-10(16)17)7-9(15)13-11-8(6-12)3-5-18-11/h3,5H,2,4,7H2,1H3,(H,13,15)(H,16,17). The molecule has 0 spiro atoms. The fourth-order valence-electron chi connectivity index (χ4n) is 1.27. The van der Waals surface area contributed by atoms with Gasteiger partial charge < -0.3 is 10.4 Å². The minimum Gasteiger partial charge on any atom is -0.481 e. The Morgan fingerprint density at radius 3 is 2.94 bits per heavy atom. The second-order valence-corrected chi connectivity index (χ2v) is 4.62. The number of nitriles is 1. The van der Waals surface area contributed by atoms with Gasteiger partial charge in [0.1, 0.15) is 11.1 Å². The molecule has 0 saturated carbocycles. The van der Waals surface area contributed by atoms with E-state index >= 15 is 0 Å². The van der Waals surface area contributed by atoms with Gasteiger partial charge >= 0.3 is 5.97 Å². The molecule has 1 rings (SSSR count). The van der Waals surface area contributed by atoms with Crippen LogP contribution >= 0.6 is 11.3 Å². The largest absolute Gasteiger partial charge is 0.481 e. The highest BCUT2D eigenvalue weighted by molar-refractivity contribution is 7.14. The van der Waals surface area contributed by atoms with E-state index in [9.17, 15) is 9.59 Å². The van der Waals surface area contributed by atoms with Crippen molar-refractivity contribution in [2.45, 2.75) is 6.42 Å². The average Bonchev–Trinajstić information content (AvgIpc) is 2.73. The average molecular weight is 267 g/mol. The monoisotopic (exact) mass is 267 g/mol. The van der Waals surface area contributed by atoms with Crippen molar-refractivity contribution in [3.05, 3.63) is 17.0 Å². The zero-order valence-electron chi connectivity index (χ0n) is 9.84. The number of carbonyl (C=O) groups excluding carboxylic acids is 1. The van der Waals surface area contributed by atoms with E-state index in [1.165, 1.54) is 11.3 Å². The topological polar surface area (TPSA) is 93.4 Å². The van der Waals surface area contributed by atoms with Crippen molar-refractivity contribution in [2.75, 3.05) is 25.5 Å². The van der Waals surface area contributed by atoms with Crippen molar-refractivity contribution in [1.29, 1.82) is 5.26 Å². The highest BCUT2D eigenvalue weighted by atomic mass is 32.1. The smallest absolute Gasteiger partial charge is 0.304 e. The van der Waals surface area contributed by atoms with Crippen molar-refractivity contribution in [3.63, 3.8) is 0 Å². The molecular formula is C11H13N3O3S. The lowest BCUT2D eigenvalue weighted by Gasteiger charge is -2.14. The Morgan fingerprint density at radius 2 is 2.33 bits per heavy atom. The Bertz CT molecular complexity index is 478. The third-order valence-corrected chi connectivity index (χ3v) is 2.99. The summed E-state index contributed by atoms with van der Waals surface area (Å²) in [7, 11) is 1.67. The number of aliphatic carboxylic acids is 1. The van der Waals surface area contributed by atoms with Crippen LogP contribution in [0.2, 0.25) is 0 Å². The van der Waals surface area contributed by atoms with Crippen LogP contribution in [-0.2, 0) is 9.59 Å². The van der Waals surface area contributed by atoms with Gasteiger partial charge in [0.25, 0.3) is 0 Å². The summed E-state index contributed by atoms with van der Waals surface area (Å²) in [4.78, 5) is 23.6. The Balaban J connectivity index is 2.42. The lowest BCUT2D eigenvalue weighted by molar-refractivity contribution is -0.137. The SMILES string of the molecule is CN(CCC(=O)O)CC(=O)Nc1sccc1C#N. The molecule has 0 saturated heterocycles. The fraction of sp³-hybridized carbons (Fsp3) is 0.364. The summed E-state index contributed by atoms with van der Waals surface area (Å²) in [5.74, 6) is -1.16. The quantitative estimate of drug-likeness (QED) is 0.801. The summed E-state index contributed by atoms with van der Waals surface area (Å²) >= 11 is 1.28. The predicted octanol–water partition coefficient (Wildman–Crippen LogP) is 0.965. The maximum Gasteiger partial charge on any atom is 0.304 e. The summed E-state index contributed by atoms with van der Waals surface area (Å²) in [5.41, 5.74) is 0.432. The van der Waals surface area contributed by atoms with Gasteiger partial charge in [-0.25, -0.2) is 0 Å². The first-order valence-electron chi connectivity index (χ1n) is 5.20. The molecule has 0 aromatic carbocycles. The number of carboxylic acids is 1. The van der Waals surface area contributed by atoms with E-state index in [-0.39, 0.29) is 18.9 Å². The highest BCUT2D eigenvalue weighted by Crippen LogP contribution is 2.21. The molecule has 0 fully saturated rings. The van der Waals surface area contributed by atoms with Gasteiger partial charge in [0.2, 0.25) is 5.91 Å². The molecule has 1 aromatic heterocycles. The summed E-state index contributed by atoms with van der Waals surface area (Å²) in [6.07, 6.45) is -0.00771. The predicted molar refractivity (Wildman–Crippen MR) is 67.4 cm³/mol. The van der Waals surface area contributed by atoms with Crippen LogP contribution in [0.3, 0.4) is 0 Å². The molecule has 0 aliphatic carbocycles. The van der Waals surface area contributed by atoms with Gasteiger partial charge in [-0.1, -0.05) is 0 Å². The maximum absolute atomic E-state index is 11.6. The van der Waals surface area contributed by atoms with Gasteiger partial charge in [-0.15, -0.1) is 11.3 Å². The molecule has 0 radical (unpaired) electrons. The molecular weight excluding hydrogens is 254 g/mol. The Labute approximate surface area is 108 Å². The summed E-state index contributed by atoms with van der Waals surface area (Å²) < 4.78 is 0. The van der Waals surface area contributed by atoms with E-state index in [2.05, 4.69) is 5.32 Å². The van der Waals surface area contributed by atoms with E-state index in [0.29, 0.717) is 17.1 Å². The summed E-state index contributed by atoms with van der Waals surface area (Å²) in [5, 5.41) is 22.2. The van der Waals surface area contributed by atoms with Crippen LogP contribution in [0.5, 0.6) is 0 Å². The second-order valence-electron chi connectivity index (χ2n) is 3.70. The Morgan fingerprint density at radius 1 is 1.61 bits per heavy atom. The van der Waals surface area contributed by atoms with E-state index in [0.717, 1.165) is 0 Å². The van der Waals surface area contributed by atoms with Crippen LogP contribution in [0, 0.1) is 11.3 Å². The van der Waals surface area contributed by atoms with E-state index in [1.807, 2.05) is 6.07 Å². The van der Waals surface area contributed by atoms with Crippen molar-refractivity contribution >= 4 is 28.2 Å². The molecule has 1 heterocycles. The first-order valence-corrected chi connectivity index (χ1v) is 6.08. The zero-order valence-corrected chi connectivity index (χ0v) is 10.7. The number of rotatable bonds is 6. The number of amides is 1. The molecule has 96 valence electrons. The number of thiophene rings is 1. The Hall–Kier alpha value is -1.91. The normalized spacial score (nSPS) is 10.1. The molecule has 1 amide bonds. The molecule has 18 heavy (non-hydrogen) atoms. The lowest BCUT2D eigenvalue weighted by Crippen LogP contribution is -2.31. The number of nitrogens with one attached hydrogen (secondary N) is 1. The second kappa shape index (κ2) is 6.74. The first-order chi connectivity index (χ1) is 8.52. The van der Waals surface area contributed by atoms with Gasteiger partial charge in [-0.2, -0.15) is 5.26 Å². The first kappa shape index (κ1) is 14.2. The zero-order chi connectivity index (χ0) is 13.5. The van der Waals surface area contributed by atoms with Gasteiger partial charge in [-0.3, -0.25) is 14.5 Å². The Kier molecular flexibility index (Phi) is 5.30. The van der Waals surface area contributed by atoms with E-state index in [4.69, 9.17) is 10.4 Å². The third kappa shape index (κ3) is 4.53. The third-order valence-electron chi connectivity index (χ3n) is 2.16. The summed E-state index contributed by atoms with van der Waals surface area (Å²) in [6, 6.07) is 3.61. The van der Waals surface area contributed by atoms with Crippen molar-refractivity contribution in [3.8, 4) is 6.07 Å². The van der Waals surface area contributed by atoms with Crippen LogP contribution in [0.25, 0.3) is 0 Å². The molecule has 6 nitrogen and oxygen atoms in total. The van der Waals surface area contributed by atoms with Crippen molar-refractivity contribution in [2.24, 2.45) is 0 Å². The van der Waals surface area contributed by atoms with Crippen LogP contribution in [0.15, 0.2) is 11.4 Å². The number of likely N-dealkylation sites (N-methyl/N-ethyl adjacent to an activating group) is 1. The minimum atomic E-state index is -0.896. The molecule has 0 atom stereocenters. The van der Waals surface area contributed by atoms with E-state index in [1.54, 1.807) is 23.4 Å². The van der Waals surface area contributed by atoms with Gasteiger partial charge in [0.05, 0.1) is 18.5 Å². The molecule has 2 N–H and O–H groups in total. The molecule has 0 aliphatic heterocycles. The number of hydrogen-bond donors (Lipinski definition) is 2. The number of anilines is 1. The van der Waals surface area contributed by atoms with Gasteiger partial charge in [0, 0.05) is 6.54 Å². The number of carbonyl (C=O) groups is 2. The van der Waals surface area contributed by atoms with Crippen LogP contribution in [0.4, 0.5) is 5.00 Å². The maximum atomic E-state index is 11.6. The molecule has 0 bridgehead atoms. The molecule has 7 heteroatoms.